The van der Waals surface area contributed by atoms with Crippen molar-refractivity contribution in [1.82, 2.24) is 0 Å². The van der Waals surface area contributed by atoms with E-state index >= 15 is 0 Å². The molecule has 0 amide bonds. The van der Waals surface area contributed by atoms with Crippen LogP contribution in [0.2, 0.25) is 0 Å². The number of benzene rings is 2. The summed E-state index contributed by atoms with van der Waals surface area (Å²) in [5.74, 6) is -2.30. The van der Waals surface area contributed by atoms with Crippen LogP contribution in [0.3, 0.4) is 0 Å². The van der Waals surface area contributed by atoms with Crippen LogP contribution in [0.1, 0.15) is 79.9 Å². The average Bonchev–Trinajstić information content (AvgIpc) is 2.76. The smallest absolute Gasteiger partial charge is 0.338 e. The molecule has 0 unspecified atom stereocenters. The second-order valence-electron chi connectivity index (χ2n) is 7.32. The molecule has 0 saturated carbocycles. The predicted molar refractivity (Wildman–Crippen MR) is 115 cm³/mol. The minimum Gasteiger partial charge on any atom is -0.459 e. The maximum Gasteiger partial charge on any atom is 0.338 e. The lowest BCUT2D eigenvalue weighted by Crippen LogP contribution is -2.15. The largest absolute Gasteiger partial charge is 0.459 e. The summed E-state index contributed by atoms with van der Waals surface area (Å²) in [6.45, 7) is 6.03. The van der Waals surface area contributed by atoms with E-state index in [1.807, 2.05) is 13.8 Å². The molecule has 0 spiro atoms. The molecule has 2 aromatic rings. The fourth-order valence-corrected chi connectivity index (χ4v) is 3.06. The predicted octanol–water partition coefficient (Wildman–Crippen LogP) is 7.53. The van der Waals surface area contributed by atoms with Crippen LogP contribution in [0.15, 0.2) is 48.5 Å². The molecular weight excluding hydrogens is 370 g/mol. The fourth-order valence-electron chi connectivity index (χ4n) is 3.06. The van der Waals surface area contributed by atoms with Crippen molar-refractivity contribution in [1.29, 1.82) is 0 Å². The van der Waals surface area contributed by atoms with Crippen molar-refractivity contribution in [2.45, 2.75) is 65.4 Å². The molecule has 0 radical (unpaired) electrons. The first-order valence-electron chi connectivity index (χ1n) is 10.4. The summed E-state index contributed by atoms with van der Waals surface area (Å²) in [5.41, 5.74) is 1.67. The van der Waals surface area contributed by atoms with Gasteiger partial charge >= 0.3 is 5.97 Å². The summed E-state index contributed by atoms with van der Waals surface area (Å²) in [4.78, 5) is 12.2. The molecule has 4 heteroatoms. The van der Waals surface area contributed by atoms with Crippen LogP contribution in [0.25, 0.3) is 11.7 Å². The summed E-state index contributed by atoms with van der Waals surface area (Å²) >= 11 is 0. The van der Waals surface area contributed by atoms with Crippen molar-refractivity contribution in [2.75, 3.05) is 0 Å². The van der Waals surface area contributed by atoms with Gasteiger partial charge in [0.2, 0.25) is 0 Å². The Labute approximate surface area is 172 Å². The molecule has 0 N–H and O–H groups in total. The van der Waals surface area contributed by atoms with Gasteiger partial charge in [-0.15, -0.1) is 0 Å². The first kappa shape index (κ1) is 22.8. The maximum absolute atomic E-state index is 14.5. The Kier molecular flexibility index (Phi) is 9.04. The minimum absolute atomic E-state index is 0.0891. The zero-order valence-electron chi connectivity index (χ0n) is 17.5. The van der Waals surface area contributed by atoms with Gasteiger partial charge in [0.1, 0.15) is 0 Å². The fraction of sp³-hybridized carbons (Fsp3) is 0.400. The molecule has 1 atom stereocenters. The van der Waals surface area contributed by atoms with Crippen LogP contribution < -0.4 is 0 Å². The molecule has 0 aliphatic rings. The number of aryl methyl sites for hydroxylation is 1. The SMILES string of the molecule is CCCCCC[C@H](C)OC(=O)c1ccc(C(F)=C(F)c2ccc(CC)cc2)cc1. The lowest BCUT2D eigenvalue weighted by molar-refractivity contribution is 0.0319. The van der Waals surface area contributed by atoms with E-state index < -0.39 is 17.6 Å². The second kappa shape index (κ2) is 11.5. The molecule has 2 nitrogen and oxygen atoms in total. The van der Waals surface area contributed by atoms with Crippen molar-refractivity contribution < 1.29 is 18.3 Å². The molecule has 0 aromatic heterocycles. The first-order chi connectivity index (χ1) is 14.0. The van der Waals surface area contributed by atoms with Gasteiger partial charge in [0.25, 0.3) is 0 Å². The number of ether oxygens (including phenoxy) is 1. The summed E-state index contributed by atoms with van der Waals surface area (Å²) in [6.07, 6.45) is 5.99. The quantitative estimate of drug-likeness (QED) is 0.234. The molecule has 156 valence electrons. The Bertz CT molecular complexity index is 808. The number of rotatable bonds is 10. The van der Waals surface area contributed by atoms with Crippen molar-refractivity contribution >= 4 is 17.6 Å². The highest BCUT2D eigenvalue weighted by Gasteiger charge is 2.15. The Morgan fingerprint density at radius 3 is 1.86 bits per heavy atom. The van der Waals surface area contributed by atoms with Crippen LogP contribution in [-0.4, -0.2) is 12.1 Å². The molecule has 0 saturated heterocycles. The van der Waals surface area contributed by atoms with E-state index in [0.717, 1.165) is 37.7 Å². The normalized spacial score (nSPS) is 13.0. The van der Waals surface area contributed by atoms with E-state index in [1.165, 1.54) is 30.7 Å². The number of halogens is 2. The number of hydrogen-bond donors (Lipinski definition) is 0. The Hall–Kier alpha value is -2.49. The number of carbonyl (C=O) groups excluding carboxylic acids is 1. The van der Waals surface area contributed by atoms with Crippen LogP contribution in [0.4, 0.5) is 8.78 Å². The average molecular weight is 401 g/mol. The number of hydrogen-bond acceptors (Lipinski definition) is 2. The van der Waals surface area contributed by atoms with Crippen LogP contribution >= 0.6 is 0 Å². The maximum atomic E-state index is 14.5. The number of carbonyl (C=O) groups is 1. The second-order valence-corrected chi connectivity index (χ2v) is 7.32. The lowest BCUT2D eigenvalue weighted by Gasteiger charge is -2.13. The topological polar surface area (TPSA) is 26.3 Å². The van der Waals surface area contributed by atoms with E-state index in [2.05, 4.69) is 6.92 Å². The standard InChI is InChI=1S/C25H30F2O2/c1-4-6-7-8-9-18(3)29-25(28)22-16-14-21(15-17-22)24(27)23(26)20-12-10-19(5-2)11-13-20/h10-18H,4-9H2,1-3H3/t18-/m0/s1. The van der Waals surface area contributed by atoms with E-state index in [1.54, 1.807) is 24.3 Å². The van der Waals surface area contributed by atoms with Gasteiger partial charge in [-0.1, -0.05) is 69.5 Å². The summed E-state index contributed by atoms with van der Waals surface area (Å²) in [6, 6.07) is 12.4. The van der Waals surface area contributed by atoms with Gasteiger partial charge < -0.3 is 4.74 Å². The van der Waals surface area contributed by atoms with Crippen molar-refractivity contribution in [2.24, 2.45) is 0 Å². The van der Waals surface area contributed by atoms with Gasteiger partial charge in [0.15, 0.2) is 11.7 Å². The summed E-state index contributed by atoms with van der Waals surface area (Å²) in [7, 11) is 0. The molecule has 2 rings (SSSR count). The third kappa shape index (κ3) is 6.81. The molecule has 0 bridgehead atoms. The third-order valence-electron chi connectivity index (χ3n) is 4.95. The molecule has 0 fully saturated rings. The van der Waals surface area contributed by atoms with Gasteiger partial charge in [0.05, 0.1) is 11.7 Å². The van der Waals surface area contributed by atoms with E-state index in [9.17, 15) is 13.6 Å². The summed E-state index contributed by atoms with van der Waals surface area (Å²) in [5, 5.41) is 0. The number of esters is 1. The van der Waals surface area contributed by atoms with Crippen LogP contribution in [0, 0.1) is 0 Å². The molecule has 0 aliphatic carbocycles. The Morgan fingerprint density at radius 1 is 0.828 bits per heavy atom. The third-order valence-corrected chi connectivity index (χ3v) is 4.95. The van der Waals surface area contributed by atoms with Gasteiger partial charge in [-0.2, -0.15) is 0 Å². The molecule has 29 heavy (non-hydrogen) atoms. The lowest BCUT2D eigenvalue weighted by atomic mass is 10.1. The number of unbranched alkanes of at least 4 members (excludes halogenated alkanes) is 3. The van der Waals surface area contributed by atoms with E-state index in [4.69, 9.17) is 4.74 Å². The minimum atomic E-state index is -0.946. The zero-order valence-corrected chi connectivity index (χ0v) is 17.5. The van der Waals surface area contributed by atoms with Gasteiger partial charge in [-0.3, -0.25) is 0 Å². The van der Waals surface area contributed by atoms with E-state index in [-0.39, 0.29) is 17.2 Å². The molecule has 0 heterocycles. The highest BCUT2D eigenvalue weighted by Crippen LogP contribution is 2.29. The van der Waals surface area contributed by atoms with Crippen molar-refractivity contribution in [3.63, 3.8) is 0 Å². The molecule has 2 aromatic carbocycles. The Balaban J connectivity index is 2.01. The highest BCUT2D eigenvalue weighted by atomic mass is 19.2. The Morgan fingerprint density at radius 2 is 1.34 bits per heavy atom. The van der Waals surface area contributed by atoms with Crippen LogP contribution in [-0.2, 0) is 11.2 Å². The van der Waals surface area contributed by atoms with Crippen molar-refractivity contribution in [3.05, 3.63) is 70.8 Å². The van der Waals surface area contributed by atoms with Crippen LogP contribution in [0.5, 0.6) is 0 Å². The monoisotopic (exact) mass is 400 g/mol. The first-order valence-corrected chi connectivity index (χ1v) is 10.4. The van der Waals surface area contributed by atoms with E-state index in [0.29, 0.717) is 5.56 Å². The molecule has 0 aliphatic heterocycles. The molecular formula is C25H30F2O2. The van der Waals surface area contributed by atoms with Gasteiger partial charge in [-0.05, 0) is 43.9 Å². The zero-order chi connectivity index (χ0) is 21.2. The summed E-state index contributed by atoms with van der Waals surface area (Å²) < 4.78 is 34.4. The van der Waals surface area contributed by atoms with Crippen molar-refractivity contribution in [3.8, 4) is 0 Å². The highest BCUT2D eigenvalue weighted by molar-refractivity contribution is 5.90. The van der Waals surface area contributed by atoms with Gasteiger partial charge in [0, 0.05) is 11.1 Å². The van der Waals surface area contributed by atoms with Gasteiger partial charge in [-0.25, -0.2) is 13.6 Å².